The molecule has 3 rings (SSSR count). The van der Waals surface area contributed by atoms with Gasteiger partial charge >= 0.3 is 0 Å². The van der Waals surface area contributed by atoms with Crippen molar-refractivity contribution in [3.8, 4) is 0 Å². The third-order valence-electron chi connectivity index (χ3n) is 7.54. The Morgan fingerprint density at radius 1 is 0.808 bits per heavy atom. The molecule has 26 heavy (non-hydrogen) atoms. The zero-order valence-electron chi connectivity index (χ0n) is 17.4. The molecule has 0 atom stereocenters. The average Bonchev–Trinajstić information content (AvgIpc) is 2.72. The van der Waals surface area contributed by atoms with E-state index < -0.39 is 0 Å². The lowest BCUT2D eigenvalue weighted by atomic mass is 9.68. The molecular weight excluding hydrogens is 314 g/mol. The van der Waals surface area contributed by atoms with E-state index in [-0.39, 0.29) is 0 Å². The molecule has 1 nitrogen and oxygen atoms in total. The summed E-state index contributed by atoms with van der Waals surface area (Å²) >= 11 is 0. The predicted octanol–water partition coefficient (Wildman–Crippen LogP) is 7.38. The van der Waals surface area contributed by atoms with E-state index in [1.807, 2.05) is 0 Å². The van der Waals surface area contributed by atoms with Gasteiger partial charge in [-0.1, -0.05) is 58.4 Å². The summed E-state index contributed by atoms with van der Waals surface area (Å²) in [6.07, 6.45) is 21.9. The number of aromatic nitrogens is 1. The minimum absolute atomic E-state index is 0.958. The van der Waals surface area contributed by atoms with Gasteiger partial charge in [-0.05, 0) is 86.7 Å². The van der Waals surface area contributed by atoms with Crippen molar-refractivity contribution in [1.29, 1.82) is 0 Å². The molecule has 2 saturated carbocycles. The number of rotatable bonds is 8. The number of pyridine rings is 1. The molecule has 0 N–H and O–H groups in total. The maximum Gasteiger partial charge on any atom is 0.0403 e. The topological polar surface area (TPSA) is 12.9 Å². The van der Waals surface area contributed by atoms with Crippen LogP contribution in [0.25, 0.3) is 0 Å². The van der Waals surface area contributed by atoms with Crippen molar-refractivity contribution in [3.63, 3.8) is 0 Å². The summed E-state index contributed by atoms with van der Waals surface area (Å²) < 4.78 is 0. The summed E-state index contributed by atoms with van der Waals surface area (Å²) in [6.45, 7) is 4.64. The van der Waals surface area contributed by atoms with Crippen LogP contribution < -0.4 is 0 Å². The molecule has 1 aromatic heterocycles. The summed E-state index contributed by atoms with van der Waals surface area (Å²) in [5.41, 5.74) is 2.72. The van der Waals surface area contributed by atoms with Crippen LogP contribution in [-0.4, -0.2) is 4.98 Å². The molecule has 0 aliphatic heterocycles. The number of hydrogen-bond acceptors (Lipinski definition) is 1. The van der Waals surface area contributed by atoms with Crippen LogP contribution in [0.4, 0.5) is 0 Å². The van der Waals surface area contributed by atoms with Gasteiger partial charge in [0, 0.05) is 11.9 Å². The molecule has 1 aromatic rings. The van der Waals surface area contributed by atoms with E-state index in [2.05, 4.69) is 32.2 Å². The van der Waals surface area contributed by atoms with Crippen molar-refractivity contribution in [3.05, 3.63) is 29.6 Å². The Kier molecular flexibility index (Phi) is 8.02. The van der Waals surface area contributed by atoms with Crippen LogP contribution in [0.3, 0.4) is 0 Å². The summed E-state index contributed by atoms with van der Waals surface area (Å²) in [4.78, 5) is 4.72. The van der Waals surface area contributed by atoms with Crippen molar-refractivity contribution in [2.75, 3.05) is 0 Å². The predicted molar refractivity (Wildman–Crippen MR) is 112 cm³/mol. The molecule has 0 bridgehead atoms. The first-order chi connectivity index (χ1) is 12.8. The van der Waals surface area contributed by atoms with Crippen molar-refractivity contribution >= 4 is 0 Å². The Bertz CT molecular complexity index is 489. The third kappa shape index (κ3) is 5.83. The van der Waals surface area contributed by atoms with Gasteiger partial charge in [-0.2, -0.15) is 0 Å². The van der Waals surface area contributed by atoms with Crippen LogP contribution in [0, 0.1) is 23.7 Å². The molecule has 2 aliphatic rings. The molecule has 0 radical (unpaired) electrons. The van der Waals surface area contributed by atoms with E-state index in [9.17, 15) is 0 Å². The molecule has 1 heterocycles. The zero-order chi connectivity index (χ0) is 18.2. The first-order valence-corrected chi connectivity index (χ1v) is 11.7. The lowest BCUT2D eigenvalue weighted by Crippen LogP contribution is -2.25. The van der Waals surface area contributed by atoms with Gasteiger partial charge in [-0.25, -0.2) is 0 Å². The second-order valence-electron chi connectivity index (χ2n) is 9.27. The monoisotopic (exact) mass is 355 g/mol. The zero-order valence-corrected chi connectivity index (χ0v) is 17.4. The van der Waals surface area contributed by atoms with Crippen LogP contribution in [0.15, 0.2) is 18.3 Å². The minimum Gasteiger partial charge on any atom is -0.261 e. The molecule has 0 unspecified atom stereocenters. The lowest BCUT2D eigenvalue weighted by Gasteiger charge is -2.37. The molecule has 146 valence electrons. The largest absolute Gasteiger partial charge is 0.261 e. The maximum absolute atomic E-state index is 4.72. The van der Waals surface area contributed by atoms with E-state index in [4.69, 9.17) is 4.98 Å². The standard InChI is InChI=1S/C25H41N/c1-3-5-6-22-12-18-25(26-19-22)17-11-21-9-15-24(16-10-21)23-13-7-20(4-2)8-14-23/h12,18-21,23-24H,3-11,13-17H2,1-2H3. The van der Waals surface area contributed by atoms with E-state index in [0.717, 1.165) is 23.7 Å². The third-order valence-corrected chi connectivity index (χ3v) is 7.54. The Hall–Kier alpha value is -0.850. The normalized spacial score (nSPS) is 29.6. The molecular formula is C25H41N. The van der Waals surface area contributed by atoms with E-state index in [1.54, 1.807) is 0 Å². The fourth-order valence-corrected chi connectivity index (χ4v) is 5.50. The Morgan fingerprint density at radius 3 is 2.00 bits per heavy atom. The van der Waals surface area contributed by atoms with Gasteiger partial charge < -0.3 is 0 Å². The average molecular weight is 356 g/mol. The van der Waals surface area contributed by atoms with Crippen molar-refractivity contribution in [2.45, 2.75) is 104 Å². The van der Waals surface area contributed by atoms with Gasteiger partial charge in [0.2, 0.25) is 0 Å². The highest BCUT2D eigenvalue weighted by atomic mass is 14.7. The highest BCUT2D eigenvalue weighted by Gasteiger charge is 2.30. The number of hydrogen-bond donors (Lipinski definition) is 0. The van der Waals surface area contributed by atoms with Gasteiger partial charge in [-0.3, -0.25) is 4.98 Å². The minimum atomic E-state index is 0.958. The van der Waals surface area contributed by atoms with Crippen molar-refractivity contribution in [2.24, 2.45) is 23.7 Å². The summed E-state index contributed by atoms with van der Waals surface area (Å²) in [6, 6.07) is 4.59. The van der Waals surface area contributed by atoms with Crippen molar-refractivity contribution < 1.29 is 0 Å². The molecule has 2 aliphatic carbocycles. The molecule has 2 fully saturated rings. The van der Waals surface area contributed by atoms with Crippen LogP contribution in [0.5, 0.6) is 0 Å². The van der Waals surface area contributed by atoms with E-state index in [1.165, 1.54) is 101 Å². The van der Waals surface area contributed by atoms with Gasteiger partial charge in [0.05, 0.1) is 0 Å². The highest BCUT2D eigenvalue weighted by molar-refractivity contribution is 5.14. The SMILES string of the molecule is CCCCc1ccc(CCC2CCC(C3CCC(CC)CC3)CC2)nc1. The van der Waals surface area contributed by atoms with E-state index >= 15 is 0 Å². The van der Waals surface area contributed by atoms with Gasteiger partial charge in [0.15, 0.2) is 0 Å². The van der Waals surface area contributed by atoms with E-state index in [0.29, 0.717) is 0 Å². The van der Waals surface area contributed by atoms with Gasteiger partial charge in [0.25, 0.3) is 0 Å². The van der Waals surface area contributed by atoms with Crippen LogP contribution in [-0.2, 0) is 12.8 Å². The summed E-state index contributed by atoms with van der Waals surface area (Å²) in [7, 11) is 0. The number of unbranched alkanes of at least 4 members (excludes halogenated alkanes) is 1. The van der Waals surface area contributed by atoms with Crippen LogP contribution >= 0.6 is 0 Å². The quantitative estimate of drug-likeness (QED) is 0.474. The molecule has 0 aromatic carbocycles. The van der Waals surface area contributed by atoms with Crippen molar-refractivity contribution in [1.82, 2.24) is 4.98 Å². The fraction of sp³-hybridized carbons (Fsp3) is 0.800. The lowest BCUT2D eigenvalue weighted by molar-refractivity contribution is 0.142. The Balaban J connectivity index is 1.35. The molecule has 0 spiro atoms. The van der Waals surface area contributed by atoms with Gasteiger partial charge in [-0.15, -0.1) is 0 Å². The first-order valence-electron chi connectivity index (χ1n) is 11.7. The smallest absolute Gasteiger partial charge is 0.0403 e. The number of nitrogens with zero attached hydrogens (tertiary/aromatic N) is 1. The summed E-state index contributed by atoms with van der Waals surface area (Å²) in [5.74, 6) is 4.12. The molecule has 0 amide bonds. The first kappa shape index (κ1) is 19.9. The van der Waals surface area contributed by atoms with Gasteiger partial charge in [0.1, 0.15) is 0 Å². The molecule has 1 heteroatoms. The van der Waals surface area contributed by atoms with Crippen LogP contribution in [0.2, 0.25) is 0 Å². The second kappa shape index (κ2) is 10.5. The summed E-state index contributed by atoms with van der Waals surface area (Å²) in [5, 5.41) is 0. The number of aryl methyl sites for hydroxylation is 2. The Morgan fingerprint density at radius 2 is 1.46 bits per heavy atom. The molecule has 0 saturated heterocycles. The Labute approximate surface area is 162 Å². The fourth-order valence-electron chi connectivity index (χ4n) is 5.50. The highest BCUT2D eigenvalue weighted by Crippen LogP contribution is 2.42. The van der Waals surface area contributed by atoms with Crippen LogP contribution in [0.1, 0.15) is 102 Å². The maximum atomic E-state index is 4.72. The second-order valence-corrected chi connectivity index (χ2v) is 9.27.